The van der Waals surface area contributed by atoms with Crippen molar-refractivity contribution in [2.45, 2.75) is 51.1 Å². The lowest BCUT2D eigenvalue weighted by molar-refractivity contribution is -0.127. The smallest absolute Gasteiger partial charge is 0.225 e. The third-order valence-corrected chi connectivity index (χ3v) is 4.51. The van der Waals surface area contributed by atoms with E-state index in [0.29, 0.717) is 19.0 Å². The second-order valence-corrected chi connectivity index (χ2v) is 6.29. The van der Waals surface area contributed by atoms with Crippen LogP contribution in [0, 0.1) is 23.2 Å². The lowest BCUT2D eigenvalue weighted by Crippen LogP contribution is -2.54. The topological polar surface area (TPSA) is 77.0 Å². The van der Waals surface area contributed by atoms with Crippen LogP contribution in [0.2, 0.25) is 0 Å². The van der Waals surface area contributed by atoms with Crippen LogP contribution in [0.1, 0.15) is 39.0 Å². The fourth-order valence-corrected chi connectivity index (χ4v) is 2.85. The molecule has 1 saturated carbocycles. The van der Waals surface area contributed by atoms with Gasteiger partial charge in [0.1, 0.15) is 0 Å². The number of hydrogen-bond acceptors (Lipinski definition) is 4. The number of nitrogens with one attached hydrogen (secondary N) is 3. The van der Waals surface area contributed by atoms with Gasteiger partial charge in [-0.2, -0.15) is 5.26 Å². The van der Waals surface area contributed by atoms with E-state index in [4.69, 9.17) is 5.26 Å². The van der Waals surface area contributed by atoms with Crippen LogP contribution in [-0.4, -0.2) is 37.6 Å². The van der Waals surface area contributed by atoms with Crippen LogP contribution in [0.4, 0.5) is 0 Å². The van der Waals surface area contributed by atoms with Gasteiger partial charge in [0.2, 0.25) is 5.91 Å². The average molecular weight is 278 g/mol. The highest BCUT2D eigenvalue weighted by Crippen LogP contribution is 2.23. The summed E-state index contributed by atoms with van der Waals surface area (Å²) in [6.45, 7) is 4.54. The Morgan fingerprint density at radius 2 is 2.05 bits per heavy atom. The zero-order valence-electron chi connectivity index (χ0n) is 12.3. The summed E-state index contributed by atoms with van der Waals surface area (Å²) in [7, 11) is 0. The van der Waals surface area contributed by atoms with E-state index in [1.807, 2.05) is 0 Å². The van der Waals surface area contributed by atoms with E-state index >= 15 is 0 Å². The lowest BCUT2D eigenvalue weighted by atomic mass is 9.87. The summed E-state index contributed by atoms with van der Waals surface area (Å²) in [5, 5.41) is 18.5. The monoisotopic (exact) mass is 278 g/mol. The SMILES string of the molecule is CC1CCC(NC[C@H](CC#N)NC(=O)C2CNC2)CC1. The van der Waals surface area contributed by atoms with Crippen molar-refractivity contribution in [3.05, 3.63) is 0 Å². The molecule has 2 fully saturated rings. The first-order valence-electron chi connectivity index (χ1n) is 7.80. The molecule has 1 amide bonds. The summed E-state index contributed by atoms with van der Waals surface area (Å²) in [5.41, 5.74) is 0. The molecule has 1 heterocycles. The fraction of sp³-hybridized carbons (Fsp3) is 0.867. The Bertz CT molecular complexity index is 353. The predicted octanol–water partition coefficient (Wildman–Crippen LogP) is 0.773. The third kappa shape index (κ3) is 4.46. The van der Waals surface area contributed by atoms with Crippen molar-refractivity contribution in [3.8, 4) is 6.07 Å². The average Bonchev–Trinajstić information content (AvgIpc) is 2.36. The van der Waals surface area contributed by atoms with Crippen molar-refractivity contribution in [2.75, 3.05) is 19.6 Å². The predicted molar refractivity (Wildman–Crippen MR) is 77.9 cm³/mol. The summed E-state index contributed by atoms with van der Waals surface area (Å²) in [4.78, 5) is 11.9. The zero-order valence-corrected chi connectivity index (χ0v) is 12.3. The third-order valence-electron chi connectivity index (χ3n) is 4.51. The Balaban J connectivity index is 1.71. The summed E-state index contributed by atoms with van der Waals surface area (Å²) in [6.07, 6.45) is 5.35. The normalized spacial score (nSPS) is 28.2. The second-order valence-electron chi connectivity index (χ2n) is 6.29. The molecule has 0 spiro atoms. The van der Waals surface area contributed by atoms with Gasteiger partial charge in [-0.05, 0) is 31.6 Å². The molecule has 5 nitrogen and oxygen atoms in total. The first-order valence-corrected chi connectivity index (χ1v) is 7.80. The van der Waals surface area contributed by atoms with Crippen LogP contribution in [-0.2, 0) is 4.79 Å². The molecule has 112 valence electrons. The van der Waals surface area contributed by atoms with Gasteiger partial charge in [-0.15, -0.1) is 0 Å². The Hall–Kier alpha value is -1.12. The van der Waals surface area contributed by atoms with Crippen LogP contribution in [0.3, 0.4) is 0 Å². The summed E-state index contributed by atoms with van der Waals surface area (Å²) in [6, 6.07) is 2.66. The van der Waals surface area contributed by atoms with Crippen molar-refractivity contribution < 1.29 is 4.79 Å². The largest absolute Gasteiger partial charge is 0.351 e. The van der Waals surface area contributed by atoms with Crippen molar-refractivity contribution in [2.24, 2.45) is 11.8 Å². The maximum atomic E-state index is 11.9. The highest BCUT2D eigenvalue weighted by Gasteiger charge is 2.27. The quantitative estimate of drug-likeness (QED) is 0.671. The molecule has 5 heteroatoms. The molecule has 1 aliphatic heterocycles. The van der Waals surface area contributed by atoms with Crippen LogP contribution in [0.25, 0.3) is 0 Å². The fourth-order valence-electron chi connectivity index (χ4n) is 2.85. The van der Waals surface area contributed by atoms with Crippen LogP contribution in [0.5, 0.6) is 0 Å². The Kier molecular flexibility index (Phi) is 5.81. The van der Waals surface area contributed by atoms with E-state index in [1.165, 1.54) is 25.7 Å². The standard InChI is InChI=1S/C15H26N4O/c1-11-2-4-13(5-3-11)18-10-14(6-7-16)19-15(20)12-8-17-9-12/h11-14,17-18H,2-6,8-10H2,1H3,(H,19,20)/t11?,13?,14-/m0/s1. The summed E-state index contributed by atoms with van der Waals surface area (Å²) >= 11 is 0. The molecule has 3 N–H and O–H groups in total. The highest BCUT2D eigenvalue weighted by molar-refractivity contribution is 5.80. The molecule has 2 aliphatic rings. The van der Waals surface area contributed by atoms with Crippen molar-refractivity contribution in [1.82, 2.24) is 16.0 Å². The molecule has 0 radical (unpaired) electrons. The van der Waals surface area contributed by atoms with E-state index < -0.39 is 0 Å². The van der Waals surface area contributed by atoms with Crippen LogP contribution in [0.15, 0.2) is 0 Å². The molecule has 2 rings (SSSR count). The maximum Gasteiger partial charge on any atom is 0.225 e. The number of nitrogens with zero attached hydrogens (tertiary/aromatic N) is 1. The van der Waals surface area contributed by atoms with Gasteiger partial charge < -0.3 is 16.0 Å². The van der Waals surface area contributed by atoms with Gasteiger partial charge in [0, 0.05) is 25.7 Å². The van der Waals surface area contributed by atoms with Gasteiger partial charge in [-0.3, -0.25) is 4.79 Å². The van der Waals surface area contributed by atoms with Crippen LogP contribution < -0.4 is 16.0 Å². The second kappa shape index (κ2) is 7.61. The van der Waals surface area contributed by atoms with Gasteiger partial charge in [0.15, 0.2) is 0 Å². The number of amides is 1. The van der Waals surface area contributed by atoms with Crippen molar-refractivity contribution >= 4 is 5.91 Å². The number of nitriles is 1. The van der Waals surface area contributed by atoms with E-state index in [-0.39, 0.29) is 17.9 Å². The number of carbonyl (C=O) groups excluding carboxylic acids is 1. The molecule has 1 aliphatic carbocycles. The Morgan fingerprint density at radius 1 is 1.35 bits per heavy atom. The molecule has 0 aromatic rings. The van der Waals surface area contributed by atoms with Gasteiger partial charge in [0.05, 0.1) is 24.4 Å². The minimum Gasteiger partial charge on any atom is -0.351 e. The molecular formula is C15H26N4O. The number of rotatable bonds is 6. The number of carbonyl (C=O) groups is 1. The first kappa shape index (κ1) is 15.3. The zero-order chi connectivity index (χ0) is 14.4. The van der Waals surface area contributed by atoms with Gasteiger partial charge in [-0.1, -0.05) is 6.92 Å². The Labute approximate surface area is 121 Å². The molecule has 20 heavy (non-hydrogen) atoms. The number of hydrogen-bond donors (Lipinski definition) is 3. The van der Waals surface area contributed by atoms with E-state index in [9.17, 15) is 4.79 Å². The molecular weight excluding hydrogens is 252 g/mol. The molecule has 1 saturated heterocycles. The van der Waals surface area contributed by atoms with Crippen LogP contribution >= 0.6 is 0 Å². The van der Waals surface area contributed by atoms with Crippen molar-refractivity contribution in [1.29, 1.82) is 5.26 Å². The Morgan fingerprint density at radius 3 is 2.60 bits per heavy atom. The molecule has 0 unspecified atom stereocenters. The minimum atomic E-state index is -0.0625. The maximum absolute atomic E-state index is 11.9. The van der Waals surface area contributed by atoms with E-state index in [2.05, 4.69) is 28.9 Å². The molecule has 0 bridgehead atoms. The summed E-state index contributed by atoms with van der Waals surface area (Å²) < 4.78 is 0. The van der Waals surface area contributed by atoms with Gasteiger partial charge >= 0.3 is 0 Å². The molecule has 1 atom stereocenters. The highest BCUT2D eigenvalue weighted by atomic mass is 16.2. The van der Waals surface area contributed by atoms with Gasteiger partial charge in [-0.25, -0.2) is 0 Å². The van der Waals surface area contributed by atoms with E-state index in [1.54, 1.807) is 0 Å². The van der Waals surface area contributed by atoms with Gasteiger partial charge in [0.25, 0.3) is 0 Å². The van der Waals surface area contributed by atoms with Crippen molar-refractivity contribution in [3.63, 3.8) is 0 Å². The molecule has 0 aromatic carbocycles. The lowest BCUT2D eigenvalue weighted by Gasteiger charge is -2.30. The first-order chi connectivity index (χ1) is 9.69. The van der Waals surface area contributed by atoms with E-state index in [0.717, 1.165) is 19.0 Å². The molecule has 0 aromatic heterocycles. The minimum absolute atomic E-state index is 0.0625. The summed E-state index contributed by atoms with van der Waals surface area (Å²) in [5.74, 6) is 1.02.